The number of benzene rings is 1. The number of thiazole rings is 1. The fourth-order valence-electron chi connectivity index (χ4n) is 1.89. The van der Waals surface area contributed by atoms with Crippen LogP contribution in [0.25, 0.3) is 0 Å². The quantitative estimate of drug-likeness (QED) is 0.889. The van der Waals surface area contributed by atoms with Gasteiger partial charge in [0.15, 0.2) is 0 Å². The van der Waals surface area contributed by atoms with E-state index in [2.05, 4.69) is 49.3 Å². The molecule has 18 heavy (non-hydrogen) atoms. The van der Waals surface area contributed by atoms with Gasteiger partial charge >= 0.3 is 0 Å². The van der Waals surface area contributed by atoms with Gasteiger partial charge in [0, 0.05) is 30.6 Å². The molecule has 0 fully saturated rings. The third-order valence-electron chi connectivity index (χ3n) is 2.95. The summed E-state index contributed by atoms with van der Waals surface area (Å²) in [7, 11) is 0. The molecule has 1 aromatic heterocycles. The topological polar surface area (TPSA) is 24.9 Å². The molecule has 0 aliphatic carbocycles. The first-order chi connectivity index (χ1) is 8.65. The molecular formula is C15H20N2S. The molecule has 0 bridgehead atoms. The highest BCUT2D eigenvalue weighted by Crippen LogP contribution is 2.17. The molecule has 1 heterocycles. The zero-order valence-corrected chi connectivity index (χ0v) is 12.1. The summed E-state index contributed by atoms with van der Waals surface area (Å²) in [4.78, 5) is 4.34. The minimum atomic E-state index is 0.528. The number of rotatable bonds is 5. The molecule has 0 amide bonds. The first kappa shape index (κ1) is 13.2. The SMILES string of the molecule is Cc1cc(CNC(C)C)ccc1Cc1nccs1. The van der Waals surface area contributed by atoms with Crippen molar-refractivity contribution in [3.05, 3.63) is 51.5 Å². The predicted molar refractivity (Wildman–Crippen MR) is 78.1 cm³/mol. The summed E-state index contributed by atoms with van der Waals surface area (Å²) in [6, 6.07) is 7.25. The second-order valence-corrected chi connectivity index (χ2v) is 5.88. The van der Waals surface area contributed by atoms with Gasteiger partial charge in [0.05, 0.1) is 5.01 Å². The maximum Gasteiger partial charge on any atom is 0.0968 e. The van der Waals surface area contributed by atoms with E-state index in [4.69, 9.17) is 0 Å². The van der Waals surface area contributed by atoms with Gasteiger partial charge in [-0.15, -0.1) is 11.3 Å². The maximum atomic E-state index is 4.34. The van der Waals surface area contributed by atoms with Crippen LogP contribution in [0.4, 0.5) is 0 Å². The molecule has 2 nitrogen and oxygen atoms in total. The summed E-state index contributed by atoms with van der Waals surface area (Å²) in [5, 5.41) is 6.66. The molecule has 1 N–H and O–H groups in total. The van der Waals surface area contributed by atoms with Crippen LogP contribution in [0.3, 0.4) is 0 Å². The molecule has 96 valence electrons. The van der Waals surface area contributed by atoms with Crippen molar-refractivity contribution in [2.75, 3.05) is 0 Å². The van der Waals surface area contributed by atoms with Gasteiger partial charge in [-0.2, -0.15) is 0 Å². The number of hydrogen-bond donors (Lipinski definition) is 1. The molecule has 0 spiro atoms. The van der Waals surface area contributed by atoms with Crippen LogP contribution in [0, 0.1) is 6.92 Å². The van der Waals surface area contributed by atoms with E-state index in [0.717, 1.165) is 13.0 Å². The van der Waals surface area contributed by atoms with Gasteiger partial charge < -0.3 is 5.32 Å². The molecule has 2 aromatic rings. The number of aryl methyl sites for hydroxylation is 1. The Morgan fingerprint density at radius 3 is 2.78 bits per heavy atom. The molecule has 3 heteroatoms. The first-order valence-corrected chi connectivity index (χ1v) is 7.23. The number of aromatic nitrogens is 1. The molecule has 0 saturated carbocycles. The van der Waals surface area contributed by atoms with E-state index in [-0.39, 0.29) is 0 Å². The van der Waals surface area contributed by atoms with Gasteiger partial charge in [0.1, 0.15) is 0 Å². The second kappa shape index (κ2) is 6.12. The molecular weight excluding hydrogens is 240 g/mol. The third-order valence-corrected chi connectivity index (χ3v) is 3.73. The molecule has 0 radical (unpaired) electrons. The van der Waals surface area contributed by atoms with Crippen molar-refractivity contribution in [1.82, 2.24) is 10.3 Å². The molecule has 0 atom stereocenters. The summed E-state index contributed by atoms with van der Waals surface area (Å²) in [5.74, 6) is 0. The number of hydrogen-bond acceptors (Lipinski definition) is 3. The second-order valence-electron chi connectivity index (χ2n) is 4.90. The summed E-state index contributed by atoms with van der Waals surface area (Å²) in [5.41, 5.74) is 4.08. The summed E-state index contributed by atoms with van der Waals surface area (Å²) in [6.07, 6.45) is 2.82. The highest BCUT2D eigenvalue weighted by molar-refractivity contribution is 7.09. The Morgan fingerprint density at radius 1 is 1.33 bits per heavy atom. The van der Waals surface area contributed by atoms with E-state index >= 15 is 0 Å². The molecule has 0 saturated heterocycles. The van der Waals surface area contributed by atoms with Gasteiger partial charge in [-0.1, -0.05) is 32.0 Å². The molecule has 0 unspecified atom stereocenters. The summed E-state index contributed by atoms with van der Waals surface area (Å²) in [6.45, 7) is 7.46. The van der Waals surface area contributed by atoms with Gasteiger partial charge in [0.2, 0.25) is 0 Å². The Morgan fingerprint density at radius 2 is 2.17 bits per heavy atom. The molecule has 0 aliphatic heterocycles. The maximum absolute atomic E-state index is 4.34. The van der Waals surface area contributed by atoms with Crippen molar-refractivity contribution >= 4 is 11.3 Å². The van der Waals surface area contributed by atoms with Crippen molar-refractivity contribution in [2.45, 2.75) is 39.8 Å². The highest BCUT2D eigenvalue weighted by atomic mass is 32.1. The van der Waals surface area contributed by atoms with Crippen LogP contribution in [0.15, 0.2) is 29.8 Å². The average molecular weight is 260 g/mol. The van der Waals surface area contributed by atoms with Crippen LogP contribution in [0.2, 0.25) is 0 Å². The van der Waals surface area contributed by atoms with Gasteiger partial charge in [-0.05, 0) is 23.6 Å². The lowest BCUT2D eigenvalue weighted by Gasteiger charge is -2.10. The fraction of sp³-hybridized carbons (Fsp3) is 0.400. The molecule has 1 aromatic carbocycles. The largest absolute Gasteiger partial charge is 0.310 e. The lowest BCUT2D eigenvalue weighted by atomic mass is 10.0. The fourth-order valence-corrected chi connectivity index (χ4v) is 2.53. The van der Waals surface area contributed by atoms with E-state index in [1.807, 2.05) is 11.6 Å². The van der Waals surface area contributed by atoms with E-state index in [1.165, 1.54) is 21.7 Å². The minimum absolute atomic E-state index is 0.528. The highest BCUT2D eigenvalue weighted by Gasteiger charge is 2.04. The summed E-state index contributed by atoms with van der Waals surface area (Å²) >= 11 is 1.72. The Labute approximate surface area is 113 Å². The van der Waals surface area contributed by atoms with E-state index < -0.39 is 0 Å². The normalized spacial score (nSPS) is 11.1. The standard InChI is InChI=1S/C15H20N2S/c1-11(2)17-10-13-4-5-14(12(3)8-13)9-15-16-6-7-18-15/h4-8,11,17H,9-10H2,1-3H3. The predicted octanol–water partition coefficient (Wildman–Crippen LogP) is 3.54. The monoisotopic (exact) mass is 260 g/mol. The smallest absolute Gasteiger partial charge is 0.0968 e. The van der Waals surface area contributed by atoms with Crippen LogP contribution in [0.1, 0.15) is 35.5 Å². The number of nitrogens with one attached hydrogen (secondary N) is 1. The van der Waals surface area contributed by atoms with Gasteiger partial charge in [-0.25, -0.2) is 4.98 Å². The van der Waals surface area contributed by atoms with Crippen molar-refractivity contribution in [3.8, 4) is 0 Å². The minimum Gasteiger partial charge on any atom is -0.310 e. The Hall–Kier alpha value is -1.19. The van der Waals surface area contributed by atoms with E-state index in [1.54, 1.807) is 11.3 Å². The van der Waals surface area contributed by atoms with Crippen molar-refractivity contribution in [1.29, 1.82) is 0 Å². The van der Waals surface area contributed by atoms with Gasteiger partial charge in [-0.3, -0.25) is 0 Å². The van der Waals surface area contributed by atoms with Crippen molar-refractivity contribution in [2.24, 2.45) is 0 Å². The van der Waals surface area contributed by atoms with E-state index in [0.29, 0.717) is 6.04 Å². The van der Waals surface area contributed by atoms with Crippen LogP contribution >= 0.6 is 11.3 Å². The lowest BCUT2D eigenvalue weighted by Crippen LogP contribution is -2.21. The Kier molecular flexibility index (Phi) is 4.50. The van der Waals surface area contributed by atoms with E-state index in [9.17, 15) is 0 Å². The molecule has 0 aliphatic rings. The Bertz CT molecular complexity index is 489. The average Bonchev–Trinajstić information content (AvgIpc) is 2.82. The summed E-state index contributed by atoms with van der Waals surface area (Å²) < 4.78 is 0. The Balaban J connectivity index is 2.05. The first-order valence-electron chi connectivity index (χ1n) is 6.35. The lowest BCUT2D eigenvalue weighted by molar-refractivity contribution is 0.588. The van der Waals surface area contributed by atoms with Crippen LogP contribution < -0.4 is 5.32 Å². The zero-order valence-electron chi connectivity index (χ0n) is 11.2. The van der Waals surface area contributed by atoms with Crippen LogP contribution in [0.5, 0.6) is 0 Å². The van der Waals surface area contributed by atoms with Crippen molar-refractivity contribution < 1.29 is 0 Å². The zero-order chi connectivity index (χ0) is 13.0. The third kappa shape index (κ3) is 3.65. The van der Waals surface area contributed by atoms with Crippen molar-refractivity contribution in [3.63, 3.8) is 0 Å². The number of nitrogens with zero attached hydrogens (tertiary/aromatic N) is 1. The van der Waals surface area contributed by atoms with Crippen LogP contribution in [-0.4, -0.2) is 11.0 Å². The van der Waals surface area contributed by atoms with Gasteiger partial charge in [0.25, 0.3) is 0 Å². The van der Waals surface area contributed by atoms with Crippen LogP contribution in [-0.2, 0) is 13.0 Å². The molecule has 2 rings (SSSR count).